The Labute approximate surface area is 171 Å². The Bertz CT molecular complexity index is 1020. The van der Waals surface area contributed by atoms with Crippen LogP contribution in [0.4, 0.5) is 10.8 Å². The van der Waals surface area contributed by atoms with Gasteiger partial charge in [-0.3, -0.25) is 20.2 Å². The molecule has 0 spiro atoms. The highest BCUT2D eigenvalue weighted by molar-refractivity contribution is 7.14. The molecule has 0 radical (unpaired) electrons. The number of anilines is 1. The molecule has 0 bridgehead atoms. The summed E-state index contributed by atoms with van der Waals surface area (Å²) in [7, 11) is 0. The van der Waals surface area contributed by atoms with E-state index < -0.39 is 10.8 Å². The number of carbonyl (C=O) groups is 1. The number of nitrogens with one attached hydrogen (secondary N) is 1. The van der Waals surface area contributed by atoms with Crippen LogP contribution in [0.3, 0.4) is 0 Å². The molecule has 0 aliphatic rings. The van der Waals surface area contributed by atoms with Gasteiger partial charge >= 0.3 is 0 Å². The molecular formula is C20H18ClN3O3S. The van der Waals surface area contributed by atoms with Gasteiger partial charge in [0.25, 0.3) is 11.6 Å². The summed E-state index contributed by atoms with van der Waals surface area (Å²) in [5, 5.41) is 15.8. The Kier molecular flexibility index (Phi) is 6.06. The summed E-state index contributed by atoms with van der Waals surface area (Å²) < 4.78 is 0. The second-order valence-corrected chi connectivity index (χ2v) is 7.61. The van der Waals surface area contributed by atoms with Gasteiger partial charge < -0.3 is 0 Å². The van der Waals surface area contributed by atoms with Crippen molar-refractivity contribution in [3.05, 3.63) is 74.1 Å². The lowest BCUT2D eigenvalue weighted by Gasteiger charge is -2.08. The smallest absolute Gasteiger partial charge is 0.287 e. The normalized spacial score (nSPS) is 11.8. The molecule has 0 saturated carbocycles. The van der Waals surface area contributed by atoms with Crippen molar-refractivity contribution in [2.24, 2.45) is 0 Å². The zero-order chi connectivity index (χ0) is 20.3. The van der Waals surface area contributed by atoms with Gasteiger partial charge in [0, 0.05) is 22.6 Å². The first-order valence-corrected chi connectivity index (χ1v) is 9.96. The first-order valence-electron chi connectivity index (χ1n) is 8.70. The van der Waals surface area contributed by atoms with Gasteiger partial charge in [0.15, 0.2) is 5.13 Å². The minimum Gasteiger partial charge on any atom is -0.298 e. The summed E-state index contributed by atoms with van der Waals surface area (Å²) in [5.74, 6) is 0.0812. The fourth-order valence-electron chi connectivity index (χ4n) is 2.65. The predicted molar refractivity (Wildman–Crippen MR) is 112 cm³/mol. The van der Waals surface area contributed by atoms with Crippen molar-refractivity contribution in [3.8, 4) is 11.3 Å². The van der Waals surface area contributed by atoms with E-state index in [4.69, 9.17) is 11.6 Å². The molecule has 1 atom stereocenters. The van der Waals surface area contributed by atoms with Gasteiger partial charge in [-0.05, 0) is 30.0 Å². The minimum absolute atomic E-state index is 0.0844. The number of nitro groups is 1. The number of hydrogen-bond donors (Lipinski definition) is 1. The van der Waals surface area contributed by atoms with E-state index in [1.807, 2.05) is 17.5 Å². The van der Waals surface area contributed by atoms with Crippen LogP contribution in [0.1, 0.15) is 42.1 Å². The van der Waals surface area contributed by atoms with Crippen LogP contribution in [0.5, 0.6) is 0 Å². The zero-order valence-electron chi connectivity index (χ0n) is 15.3. The number of aromatic nitrogens is 1. The summed E-state index contributed by atoms with van der Waals surface area (Å²) in [6, 6.07) is 12.1. The van der Waals surface area contributed by atoms with Crippen LogP contribution in [0, 0.1) is 10.1 Å². The van der Waals surface area contributed by atoms with E-state index in [9.17, 15) is 14.9 Å². The van der Waals surface area contributed by atoms with E-state index in [0.717, 1.165) is 17.7 Å². The Hall–Kier alpha value is -2.77. The van der Waals surface area contributed by atoms with Crippen LogP contribution >= 0.6 is 22.9 Å². The van der Waals surface area contributed by atoms with Gasteiger partial charge in [-0.15, -0.1) is 11.3 Å². The van der Waals surface area contributed by atoms with Crippen molar-refractivity contribution < 1.29 is 9.72 Å². The molecule has 3 rings (SSSR count). The average molecular weight is 416 g/mol. The van der Waals surface area contributed by atoms with Crippen molar-refractivity contribution in [1.29, 1.82) is 0 Å². The summed E-state index contributed by atoms with van der Waals surface area (Å²) in [5.41, 5.74) is 3.02. The quantitative estimate of drug-likeness (QED) is 0.387. The van der Waals surface area contributed by atoms with Crippen LogP contribution in [0.25, 0.3) is 11.3 Å². The maximum atomic E-state index is 12.4. The van der Waals surface area contributed by atoms with Crippen molar-refractivity contribution in [2.75, 3.05) is 5.32 Å². The Morgan fingerprint density at radius 2 is 2.00 bits per heavy atom. The maximum absolute atomic E-state index is 12.4. The number of rotatable bonds is 6. The number of nitro benzene ring substituents is 1. The van der Waals surface area contributed by atoms with E-state index in [-0.39, 0.29) is 16.3 Å². The van der Waals surface area contributed by atoms with Crippen molar-refractivity contribution in [3.63, 3.8) is 0 Å². The highest BCUT2D eigenvalue weighted by Crippen LogP contribution is 2.28. The monoisotopic (exact) mass is 415 g/mol. The molecule has 1 amide bonds. The maximum Gasteiger partial charge on any atom is 0.287 e. The molecule has 28 heavy (non-hydrogen) atoms. The average Bonchev–Trinajstić information content (AvgIpc) is 3.15. The number of amides is 1. The predicted octanol–water partition coefficient (Wildman–Crippen LogP) is 6.14. The van der Waals surface area contributed by atoms with Crippen LogP contribution in [-0.4, -0.2) is 15.8 Å². The first kappa shape index (κ1) is 20.0. The van der Waals surface area contributed by atoms with Crippen LogP contribution in [0.15, 0.2) is 47.8 Å². The molecule has 0 fully saturated rings. The van der Waals surface area contributed by atoms with E-state index in [0.29, 0.717) is 11.0 Å². The standard InChI is InChI=1S/C20H18ClN3O3S/c1-3-12(2)13-4-6-14(7-5-13)17-11-28-20(22-17)23-19(25)15-8-9-18(24(26)27)16(21)10-15/h4-12H,3H2,1-2H3,(H,22,23,25)/t12-/m0/s1. The molecule has 0 saturated heterocycles. The summed E-state index contributed by atoms with van der Waals surface area (Å²) in [4.78, 5) is 27.1. The van der Waals surface area contributed by atoms with Crippen molar-refractivity contribution >= 4 is 39.7 Å². The largest absolute Gasteiger partial charge is 0.298 e. The third-order valence-electron chi connectivity index (χ3n) is 4.52. The number of carbonyl (C=O) groups excluding carboxylic acids is 1. The van der Waals surface area contributed by atoms with E-state index in [1.54, 1.807) is 0 Å². The molecule has 1 N–H and O–H groups in total. The topological polar surface area (TPSA) is 85.1 Å². The van der Waals surface area contributed by atoms with E-state index >= 15 is 0 Å². The van der Waals surface area contributed by atoms with Gasteiger partial charge in [0.1, 0.15) is 5.02 Å². The number of benzene rings is 2. The molecule has 6 nitrogen and oxygen atoms in total. The fourth-order valence-corrected chi connectivity index (χ4v) is 3.61. The van der Waals surface area contributed by atoms with Gasteiger partial charge in [-0.2, -0.15) is 0 Å². The van der Waals surface area contributed by atoms with Crippen molar-refractivity contribution in [1.82, 2.24) is 4.98 Å². The Morgan fingerprint density at radius 1 is 1.29 bits per heavy atom. The highest BCUT2D eigenvalue weighted by atomic mass is 35.5. The van der Waals surface area contributed by atoms with Crippen LogP contribution < -0.4 is 5.32 Å². The molecule has 8 heteroatoms. The third-order valence-corrected chi connectivity index (χ3v) is 5.58. The number of nitrogens with zero attached hydrogens (tertiary/aromatic N) is 2. The van der Waals surface area contributed by atoms with Crippen molar-refractivity contribution in [2.45, 2.75) is 26.2 Å². The lowest BCUT2D eigenvalue weighted by molar-refractivity contribution is -0.384. The SMILES string of the molecule is CC[C@H](C)c1ccc(-c2csc(NC(=O)c3ccc([N+](=O)[O-])c(Cl)c3)n2)cc1. The lowest BCUT2D eigenvalue weighted by Crippen LogP contribution is -2.11. The van der Waals surface area contributed by atoms with Gasteiger partial charge in [0.2, 0.25) is 0 Å². The fraction of sp³-hybridized carbons (Fsp3) is 0.200. The molecular weight excluding hydrogens is 398 g/mol. The lowest BCUT2D eigenvalue weighted by atomic mass is 9.97. The summed E-state index contributed by atoms with van der Waals surface area (Å²) in [6.45, 7) is 4.35. The second-order valence-electron chi connectivity index (χ2n) is 6.35. The van der Waals surface area contributed by atoms with Crippen LogP contribution in [-0.2, 0) is 0 Å². The number of thiazole rings is 1. The molecule has 3 aromatic rings. The van der Waals surface area contributed by atoms with Gasteiger partial charge in [-0.1, -0.05) is 49.7 Å². The first-order chi connectivity index (χ1) is 13.4. The molecule has 1 aromatic heterocycles. The van der Waals surface area contributed by atoms with Crippen LogP contribution in [0.2, 0.25) is 5.02 Å². The van der Waals surface area contributed by atoms with Gasteiger partial charge in [-0.25, -0.2) is 4.98 Å². The van der Waals surface area contributed by atoms with E-state index in [2.05, 4.69) is 36.3 Å². The zero-order valence-corrected chi connectivity index (χ0v) is 16.9. The molecule has 1 heterocycles. The highest BCUT2D eigenvalue weighted by Gasteiger charge is 2.16. The molecule has 2 aromatic carbocycles. The molecule has 0 unspecified atom stereocenters. The third kappa shape index (κ3) is 4.37. The Morgan fingerprint density at radius 3 is 2.61 bits per heavy atom. The summed E-state index contributed by atoms with van der Waals surface area (Å²) in [6.07, 6.45) is 1.08. The number of hydrogen-bond acceptors (Lipinski definition) is 5. The Balaban J connectivity index is 1.73. The number of halogens is 1. The molecule has 0 aliphatic heterocycles. The minimum atomic E-state index is -0.594. The van der Waals surface area contributed by atoms with Gasteiger partial charge in [0.05, 0.1) is 10.6 Å². The summed E-state index contributed by atoms with van der Waals surface area (Å²) >= 11 is 7.18. The second kappa shape index (κ2) is 8.50. The van der Waals surface area contributed by atoms with E-state index in [1.165, 1.54) is 35.1 Å². The molecule has 144 valence electrons. The molecule has 0 aliphatic carbocycles.